The minimum absolute atomic E-state index is 0. The molecule has 0 aliphatic rings. The topological polar surface area (TPSA) is 150 Å². The van der Waals surface area contributed by atoms with E-state index in [2.05, 4.69) is 9.78 Å². The van der Waals surface area contributed by atoms with E-state index < -0.39 is 44.7 Å². The minimum atomic E-state index is -5.01. The van der Waals surface area contributed by atoms with E-state index in [0.29, 0.717) is 0 Å². The van der Waals surface area contributed by atoms with Gasteiger partial charge in [-0.15, -0.1) is 0 Å². The molecule has 1 rings (SSSR count). The van der Waals surface area contributed by atoms with E-state index >= 15 is 0 Å². The monoisotopic (exact) mass is 328 g/mol. The van der Waals surface area contributed by atoms with E-state index in [1.54, 1.807) is 0 Å². The molecule has 110 valence electrons. The Hall–Kier alpha value is -1.01. The average molecular weight is 328 g/mol. The molecule has 0 unspecified atom stereocenters. The molecule has 0 saturated carbocycles. The van der Waals surface area contributed by atoms with Crippen LogP contribution >= 0.6 is 0 Å². The summed E-state index contributed by atoms with van der Waals surface area (Å²) in [6.45, 7) is -0.829. The van der Waals surface area contributed by atoms with Crippen molar-refractivity contribution in [2.24, 2.45) is 0 Å². The van der Waals surface area contributed by atoms with Gasteiger partial charge in [0.05, 0.1) is 18.1 Å². The van der Waals surface area contributed by atoms with Crippen molar-refractivity contribution in [2.75, 3.05) is 13.2 Å². The van der Waals surface area contributed by atoms with Crippen molar-refractivity contribution in [3.63, 3.8) is 0 Å². The SMILES string of the molecule is O=C([O-])c1cccc(C(=O)OOCCO)c1S(=O)(=O)O.[Na+]. The van der Waals surface area contributed by atoms with Crippen LogP contribution in [0.15, 0.2) is 23.1 Å². The first-order chi connectivity index (χ1) is 9.29. The summed E-state index contributed by atoms with van der Waals surface area (Å²) < 4.78 is 31.4. The van der Waals surface area contributed by atoms with Crippen LogP contribution in [-0.4, -0.2) is 43.2 Å². The molecule has 21 heavy (non-hydrogen) atoms. The Kier molecular flexibility index (Phi) is 8.03. The molecule has 0 fully saturated rings. The largest absolute Gasteiger partial charge is 1.00 e. The number of aliphatic hydroxyl groups excluding tert-OH is 1. The van der Waals surface area contributed by atoms with Crippen molar-refractivity contribution in [2.45, 2.75) is 4.90 Å². The van der Waals surface area contributed by atoms with Gasteiger partial charge in [-0.3, -0.25) is 9.44 Å². The summed E-state index contributed by atoms with van der Waals surface area (Å²) in [6.07, 6.45) is 0. The molecule has 0 saturated heterocycles. The minimum Gasteiger partial charge on any atom is -0.545 e. The van der Waals surface area contributed by atoms with E-state index in [0.717, 1.165) is 18.2 Å². The molecule has 2 N–H and O–H groups in total. The van der Waals surface area contributed by atoms with Crippen LogP contribution in [0.2, 0.25) is 0 Å². The molecular weight excluding hydrogens is 319 g/mol. The van der Waals surface area contributed by atoms with Crippen LogP contribution in [0.1, 0.15) is 20.7 Å². The van der Waals surface area contributed by atoms with Crippen LogP contribution in [0.25, 0.3) is 0 Å². The quantitative estimate of drug-likeness (QED) is 0.173. The normalized spacial score (nSPS) is 10.6. The van der Waals surface area contributed by atoms with Gasteiger partial charge in [-0.1, -0.05) is 12.1 Å². The standard InChI is InChI=1S/C10H10O9S.Na/c11-4-5-18-19-10(14)7-3-1-2-6(9(12)13)8(7)20(15,16)17;/h1-3,11H,4-5H2,(H,12,13)(H,15,16,17);/q;+1/p-1. The summed E-state index contributed by atoms with van der Waals surface area (Å²) in [4.78, 5) is 29.6. The second-order valence-corrected chi connectivity index (χ2v) is 4.72. The third-order valence-corrected chi connectivity index (χ3v) is 2.98. The molecule has 0 aliphatic heterocycles. The first-order valence-corrected chi connectivity index (χ1v) is 6.49. The van der Waals surface area contributed by atoms with Gasteiger partial charge in [0, 0.05) is 5.56 Å². The van der Waals surface area contributed by atoms with Gasteiger partial charge in [0.1, 0.15) is 11.5 Å². The molecule has 0 bridgehead atoms. The number of aliphatic hydroxyl groups is 1. The number of carboxylic acid groups (broad SMARTS) is 1. The van der Waals surface area contributed by atoms with Crippen LogP contribution < -0.4 is 34.7 Å². The van der Waals surface area contributed by atoms with Gasteiger partial charge in [0.15, 0.2) is 0 Å². The van der Waals surface area contributed by atoms with E-state index in [9.17, 15) is 23.1 Å². The van der Waals surface area contributed by atoms with E-state index in [4.69, 9.17) is 9.66 Å². The van der Waals surface area contributed by atoms with Crippen LogP contribution in [-0.2, 0) is 19.9 Å². The van der Waals surface area contributed by atoms with Gasteiger partial charge >= 0.3 is 35.5 Å². The molecule has 0 aliphatic carbocycles. The zero-order valence-electron chi connectivity index (χ0n) is 10.8. The number of hydrogen-bond donors (Lipinski definition) is 2. The molecule has 11 heteroatoms. The van der Waals surface area contributed by atoms with Gasteiger partial charge in [0.2, 0.25) is 0 Å². The van der Waals surface area contributed by atoms with Gasteiger partial charge in [-0.25, -0.2) is 4.79 Å². The predicted molar refractivity (Wildman–Crippen MR) is 59.0 cm³/mol. The average Bonchev–Trinajstić information content (AvgIpc) is 2.36. The molecule has 1 aromatic rings. The van der Waals surface area contributed by atoms with E-state index in [-0.39, 0.29) is 36.2 Å². The van der Waals surface area contributed by atoms with Crippen LogP contribution in [0.5, 0.6) is 0 Å². The number of carboxylic acids is 1. The Morgan fingerprint density at radius 2 is 1.81 bits per heavy atom. The summed E-state index contributed by atoms with van der Waals surface area (Å²) in [6, 6.07) is 2.81. The molecule has 0 radical (unpaired) electrons. The van der Waals surface area contributed by atoms with Crippen LogP contribution in [0.4, 0.5) is 0 Å². The van der Waals surface area contributed by atoms with Crippen molar-refractivity contribution in [1.82, 2.24) is 0 Å². The first-order valence-electron chi connectivity index (χ1n) is 5.05. The number of aromatic carboxylic acids is 1. The maximum absolute atomic E-state index is 11.5. The Morgan fingerprint density at radius 3 is 2.29 bits per heavy atom. The van der Waals surface area contributed by atoms with E-state index in [1.807, 2.05) is 0 Å². The number of benzene rings is 1. The molecule has 0 atom stereocenters. The van der Waals surface area contributed by atoms with Gasteiger partial charge in [-0.05, 0) is 6.07 Å². The van der Waals surface area contributed by atoms with Crippen molar-refractivity contribution in [3.8, 4) is 0 Å². The fourth-order valence-electron chi connectivity index (χ4n) is 1.31. The predicted octanol–water partition coefficient (Wildman–Crippen LogP) is -4.62. The molecule has 0 aromatic heterocycles. The van der Waals surface area contributed by atoms with E-state index in [1.165, 1.54) is 0 Å². The number of carbonyl (C=O) groups excluding carboxylic acids is 2. The molecule has 0 amide bonds. The maximum Gasteiger partial charge on any atom is 1.00 e. The van der Waals surface area contributed by atoms with Crippen molar-refractivity contribution in [1.29, 1.82) is 0 Å². The van der Waals surface area contributed by atoms with Gasteiger partial charge in [0.25, 0.3) is 10.1 Å². The second kappa shape index (κ2) is 8.44. The number of hydrogen-bond acceptors (Lipinski definition) is 8. The summed E-state index contributed by atoms with van der Waals surface area (Å²) in [5, 5.41) is 19.2. The molecule has 0 heterocycles. The van der Waals surface area contributed by atoms with Gasteiger partial charge < -0.3 is 15.0 Å². The fourth-order valence-corrected chi connectivity index (χ4v) is 2.17. The van der Waals surface area contributed by atoms with Crippen molar-refractivity contribution < 1.29 is 72.1 Å². The van der Waals surface area contributed by atoms with Gasteiger partial charge in [-0.2, -0.15) is 13.3 Å². The molecule has 9 nitrogen and oxygen atoms in total. The molecule has 0 spiro atoms. The Labute approximate surface area is 141 Å². The zero-order valence-corrected chi connectivity index (χ0v) is 13.6. The fraction of sp³-hybridized carbons (Fsp3) is 0.200. The molecule has 1 aromatic carbocycles. The Balaban J connectivity index is 0.00000400. The maximum atomic E-state index is 11.5. The summed E-state index contributed by atoms with van der Waals surface area (Å²) in [5.74, 6) is -3.25. The Bertz CT molecular complexity index is 625. The van der Waals surface area contributed by atoms with Crippen LogP contribution in [0, 0.1) is 0 Å². The summed E-state index contributed by atoms with van der Waals surface area (Å²) >= 11 is 0. The van der Waals surface area contributed by atoms with Crippen molar-refractivity contribution >= 4 is 22.1 Å². The molecular formula is C10H9NaO9S. The summed E-state index contributed by atoms with van der Waals surface area (Å²) in [7, 11) is -5.01. The zero-order chi connectivity index (χ0) is 15.3. The smallest absolute Gasteiger partial charge is 0.545 e. The first kappa shape index (κ1) is 20.0. The Morgan fingerprint density at radius 1 is 1.24 bits per heavy atom. The number of carbonyl (C=O) groups is 2. The second-order valence-electron chi connectivity index (χ2n) is 3.36. The third-order valence-electron chi connectivity index (χ3n) is 2.02. The third kappa shape index (κ3) is 5.36. The van der Waals surface area contributed by atoms with Crippen LogP contribution in [0.3, 0.4) is 0 Å². The number of rotatable bonds is 6. The van der Waals surface area contributed by atoms with Crippen molar-refractivity contribution in [3.05, 3.63) is 29.3 Å². The summed E-state index contributed by atoms with van der Waals surface area (Å²) in [5.41, 5.74) is -1.64.